The standard InChI is InChI=1S/C39H9N9/c1-43-20-8-11-23-26(14-20)31(29(18-42)46-4)37-32-22-10-7-19(16-40)13-25(22)30(28(17-41)45-3)36(32)34-24-12-9-21(44-2)15-27(24)35(38(34)33(23)37)39(47-5)48-6/h7-15H/b30-28-,31-29+. The van der Waals surface area contributed by atoms with Crippen molar-refractivity contribution in [2.75, 3.05) is 0 Å². The van der Waals surface area contributed by atoms with Gasteiger partial charge in [-0.2, -0.15) is 15.0 Å². The van der Waals surface area contributed by atoms with Gasteiger partial charge >= 0.3 is 5.82 Å². The quantitative estimate of drug-likeness (QED) is 0.128. The molecule has 3 aliphatic carbocycles. The van der Waals surface area contributed by atoms with Gasteiger partial charge in [-0.05, 0) is 91.0 Å². The topological polar surface area (TPSA) is 97.5 Å². The zero-order valence-electron chi connectivity index (χ0n) is 24.2. The molecular formula is C39H9N9. The Bertz CT molecular complexity index is 2440. The van der Waals surface area contributed by atoms with Crippen molar-refractivity contribution in [3.05, 3.63) is 179 Å². The van der Waals surface area contributed by atoms with Crippen LogP contribution in [0.5, 0.6) is 0 Å². The van der Waals surface area contributed by atoms with Gasteiger partial charge in [-0.3, -0.25) is 0 Å². The Balaban J connectivity index is 1.88. The minimum absolute atomic E-state index is 0.237. The summed E-state index contributed by atoms with van der Waals surface area (Å²) >= 11 is 0. The molecule has 210 valence electrons. The second kappa shape index (κ2) is 10.3. The molecular weight excluding hydrogens is 594 g/mol. The van der Waals surface area contributed by atoms with Crippen LogP contribution in [0, 0.1) is 73.4 Å². The Morgan fingerprint density at radius 3 is 1.27 bits per heavy atom. The molecule has 48 heavy (non-hydrogen) atoms. The summed E-state index contributed by atoms with van der Waals surface area (Å²) in [5.41, 5.74) is 6.77. The number of allylic oxidation sites excluding steroid dienone is 2. The van der Waals surface area contributed by atoms with E-state index in [4.69, 9.17) is 39.4 Å². The van der Waals surface area contributed by atoms with E-state index in [1.165, 1.54) is 0 Å². The van der Waals surface area contributed by atoms with Crippen molar-refractivity contribution in [3.63, 3.8) is 0 Å². The van der Waals surface area contributed by atoms with E-state index in [1.54, 1.807) is 54.6 Å². The molecule has 0 aliphatic heterocycles. The zero-order valence-corrected chi connectivity index (χ0v) is 24.2. The van der Waals surface area contributed by atoms with Gasteiger partial charge in [0.25, 0.3) is 11.4 Å². The van der Waals surface area contributed by atoms with E-state index in [-0.39, 0.29) is 50.9 Å². The largest absolute Gasteiger partial charge is 0.527 e. The van der Waals surface area contributed by atoms with Gasteiger partial charge in [0.1, 0.15) is 13.1 Å². The van der Waals surface area contributed by atoms with Crippen molar-refractivity contribution in [1.29, 1.82) is 15.8 Å². The summed E-state index contributed by atoms with van der Waals surface area (Å²) in [6.45, 7) is 47.3. The summed E-state index contributed by atoms with van der Waals surface area (Å²) in [5.74, 6) is -0.278. The summed E-state index contributed by atoms with van der Waals surface area (Å²) in [6.07, 6.45) is 0. The smallest absolute Gasteiger partial charge is 0.238 e. The fourth-order valence-corrected chi connectivity index (χ4v) is 6.94. The molecule has 3 aliphatic rings. The van der Waals surface area contributed by atoms with Gasteiger partial charge in [0.05, 0.1) is 55.6 Å². The lowest BCUT2D eigenvalue weighted by Crippen LogP contribution is -1.98. The highest BCUT2D eigenvalue weighted by Crippen LogP contribution is 2.65. The summed E-state index contributed by atoms with van der Waals surface area (Å²) in [6, 6.07) is 20.9. The molecule has 0 atom stereocenters. The van der Waals surface area contributed by atoms with Crippen molar-refractivity contribution in [1.82, 2.24) is 0 Å². The van der Waals surface area contributed by atoms with Crippen LogP contribution in [0.1, 0.15) is 38.9 Å². The van der Waals surface area contributed by atoms with Crippen LogP contribution in [0.3, 0.4) is 0 Å². The minimum Gasteiger partial charge on any atom is -0.238 e. The number of rotatable bonds is 0. The molecule has 0 bridgehead atoms. The molecule has 0 amide bonds. The summed E-state index contributed by atoms with van der Waals surface area (Å²) in [4.78, 5) is 21.5. The molecule has 4 aromatic carbocycles. The molecule has 0 saturated carbocycles. The second-order valence-electron chi connectivity index (χ2n) is 10.6. The Kier molecular flexibility index (Phi) is 6.07. The molecule has 9 heteroatoms. The van der Waals surface area contributed by atoms with E-state index >= 15 is 0 Å². The fraction of sp³-hybridized carbons (Fsp3) is 0. The average molecular weight is 604 g/mol. The predicted octanol–water partition coefficient (Wildman–Crippen LogP) is 9.56. The zero-order chi connectivity index (χ0) is 33.9. The van der Waals surface area contributed by atoms with E-state index in [0.29, 0.717) is 66.8 Å². The first-order chi connectivity index (χ1) is 23.4. The number of benzene rings is 4. The number of hydrogen-bond donors (Lipinski definition) is 0. The van der Waals surface area contributed by atoms with Gasteiger partial charge in [0.2, 0.25) is 0 Å². The third kappa shape index (κ3) is 3.44. The van der Waals surface area contributed by atoms with Crippen molar-refractivity contribution < 1.29 is 0 Å². The second-order valence-corrected chi connectivity index (χ2v) is 10.6. The molecule has 4 aromatic rings. The van der Waals surface area contributed by atoms with E-state index in [9.17, 15) is 15.8 Å². The molecule has 0 saturated heterocycles. The minimum atomic E-state index is -0.278. The van der Waals surface area contributed by atoms with Crippen molar-refractivity contribution in [2.45, 2.75) is 0 Å². The summed E-state index contributed by atoms with van der Waals surface area (Å²) in [7, 11) is 0. The highest BCUT2D eigenvalue weighted by molar-refractivity contribution is 6.24. The monoisotopic (exact) mass is 603 g/mol. The first-order valence-corrected chi connectivity index (χ1v) is 13.8. The van der Waals surface area contributed by atoms with E-state index in [1.807, 2.05) is 12.1 Å². The highest BCUT2D eigenvalue weighted by atomic mass is 14.9. The Labute approximate surface area is 274 Å². The summed E-state index contributed by atoms with van der Waals surface area (Å²) < 4.78 is 0. The number of fused-ring (bicyclic) bond motifs is 12. The van der Waals surface area contributed by atoms with Gasteiger partial charge in [-0.25, -0.2) is 29.9 Å². The van der Waals surface area contributed by atoms with Crippen LogP contribution in [0.2, 0.25) is 0 Å². The van der Waals surface area contributed by atoms with Crippen LogP contribution >= 0.6 is 0 Å². The molecule has 0 heterocycles. The molecule has 0 aromatic heterocycles. The average Bonchev–Trinajstić information content (AvgIpc) is 3.75. The lowest BCUT2D eigenvalue weighted by molar-refractivity contribution is 1.47. The predicted molar refractivity (Wildman–Crippen MR) is 176 cm³/mol. The Morgan fingerprint density at radius 2 is 0.875 bits per heavy atom. The number of nitriles is 3. The van der Waals surface area contributed by atoms with E-state index in [2.05, 4.69) is 35.1 Å². The first-order valence-electron chi connectivity index (χ1n) is 13.8. The number of hydrogen-bond acceptors (Lipinski definition) is 3. The van der Waals surface area contributed by atoms with Crippen molar-refractivity contribution >= 4 is 28.1 Å². The van der Waals surface area contributed by atoms with Gasteiger partial charge in [-0.15, -0.1) is 0 Å². The highest BCUT2D eigenvalue weighted by Gasteiger charge is 2.45. The van der Waals surface area contributed by atoms with E-state index < -0.39 is 0 Å². The van der Waals surface area contributed by atoms with Crippen molar-refractivity contribution in [2.24, 2.45) is 0 Å². The maximum atomic E-state index is 10.3. The molecule has 0 N–H and O–H groups in total. The lowest BCUT2D eigenvalue weighted by atomic mass is 9.83. The third-order valence-corrected chi connectivity index (χ3v) is 8.62. The van der Waals surface area contributed by atoms with Crippen LogP contribution in [0.15, 0.2) is 71.8 Å². The summed E-state index contributed by atoms with van der Waals surface area (Å²) in [5, 5.41) is 30.4. The molecule has 0 spiro atoms. The maximum absolute atomic E-state index is 10.3. The fourth-order valence-electron chi connectivity index (χ4n) is 6.94. The maximum Gasteiger partial charge on any atom is 0.527 e. The van der Waals surface area contributed by atoms with Crippen LogP contribution in [0.25, 0.3) is 79.2 Å². The Morgan fingerprint density at radius 1 is 0.458 bits per heavy atom. The Hall–Kier alpha value is -8.49. The number of nitrogens with zero attached hydrogens (tertiary/aromatic N) is 9. The van der Waals surface area contributed by atoms with Gasteiger partial charge in [0, 0.05) is 11.1 Å². The molecule has 9 nitrogen and oxygen atoms in total. The molecule has 7 rings (SSSR count). The normalized spacial score (nSPS) is 13.7. The molecule has 0 unspecified atom stereocenters. The van der Waals surface area contributed by atoms with Crippen molar-refractivity contribution in [3.8, 4) is 51.6 Å². The van der Waals surface area contributed by atoms with Crippen LogP contribution in [-0.2, 0) is 0 Å². The third-order valence-electron chi connectivity index (χ3n) is 8.62. The van der Waals surface area contributed by atoms with Crippen LogP contribution in [-0.4, -0.2) is 0 Å². The van der Waals surface area contributed by atoms with Crippen LogP contribution < -0.4 is 0 Å². The molecule has 0 fully saturated rings. The van der Waals surface area contributed by atoms with Gasteiger partial charge in [-0.1, -0.05) is 30.3 Å². The van der Waals surface area contributed by atoms with Crippen LogP contribution in [0.4, 0.5) is 11.4 Å². The SMILES string of the molecule is [C-]#[N+]C([N+]#[C-])=C1c2cc([N+]#[C-])ccc2-c2c1c1c(c3c2/C(=C(/C#N)[N+]#[C-])c2cc(C#N)ccc2-3)/C(=C(\C#N)[N+]#[C-])c2cc([N+]#[C-])ccc2-1. The first kappa shape index (κ1) is 28.3. The molecule has 0 radical (unpaired) electrons. The lowest BCUT2D eigenvalue weighted by Gasteiger charge is -2.18. The van der Waals surface area contributed by atoms with Gasteiger partial charge < -0.3 is 0 Å². The van der Waals surface area contributed by atoms with E-state index in [0.717, 1.165) is 0 Å². The van der Waals surface area contributed by atoms with Gasteiger partial charge in [0.15, 0.2) is 11.4 Å².